The van der Waals surface area contributed by atoms with Crippen LogP contribution in [0.5, 0.6) is 0 Å². The summed E-state index contributed by atoms with van der Waals surface area (Å²) in [5.74, 6) is -1.36. The Balaban J connectivity index is 4.35. The van der Waals surface area contributed by atoms with Crippen molar-refractivity contribution in [1.82, 2.24) is 0 Å². The first-order chi connectivity index (χ1) is 8.12. The molecule has 0 aromatic carbocycles. The molecule has 1 atom stereocenters. The van der Waals surface area contributed by atoms with Gasteiger partial charge < -0.3 is 14.6 Å². The molecule has 0 heterocycles. The highest BCUT2D eigenvalue weighted by atomic mass is 17.2. The Kier molecular flexibility index (Phi) is 6.31. The minimum atomic E-state index is -1.43. The molecule has 6 heteroatoms. The van der Waals surface area contributed by atoms with Crippen molar-refractivity contribution in [2.45, 2.75) is 58.7 Å². The third kappa shape index (κ3) is 7.26. The maximum absolute atomic E-state index is 10.4. The minimum Gasteiger partial charge on any atom is -0.450 e. The molecule has 0 radical (unpaired) electrons. The summed E-state index contributed by atoms with van der Waals surface area (Å²) in [7, 11) is 0. The van der Waals surface area contributed by atoms with Crippen molar-refractivity contribution < 1.29 is 29.1 Å². The fourth-order valence-corrected chi connectivity index (χ4v) is 0.858. The van der Waals surface area contributed by atoms with Crippen LogP contribution in [0.25, 0.3) is 0 Å². The van der Waals surface area contributed by atoms with Crippen molar-refractivity contribution in [3.8, 4) is 0 Å². The summed E-state index contributed by atoms with van der Waals surface area (Å²) in [6.45, 7) is 12.1. The van der Waals surface area contributed by atoms with Gasteiger partial charge in [-0.1, -0.05) is 13.5 Å². The molecule has 0 aliphatic carbocycles. The lowest BCUT2D eigenvalue weighted by Crippen LogP contribution is -2.37. The smallest absolute Gasteiger partial charge is 0.450 e. The third-order valence-electron chi connectivity index (χ3n) is 2.15. The first-order valence-electron chi connectivity index (χ1n) is 5.68. The highest BCUT2D eigenvalue weighted by Crippen LogP contribution is 2.19. The molecule has 0 spiro atoms. The lowest BCUT2D eigenvalue weighted by Gasteiger charge is -2.29. The van der Waals surface area contributed by atoms with E-state index in [9.17, 15) is 4.79 Å². The van der Waals surface area contributed by atoms with E-state index >= 15 is 0 Å². The summed E-state index contributed by atoms with van der Waals surface area (Å²) >= 11 is 0. The van der Waals surface area contributed by atoms with E-state index in [0.29, 0.717) is 0 Å². The highest BCUT2D eigenvalue weighted by Gasteiger charge is 2.29. The predicted octanol–water partition coefficient (Wildman–Crippen LogP) is 3.08. The van der Waals surface area contributed by atoms with Gasteiger partial charge in [0, 0.05) is 13.8 Å². The van der Waals surface area contributed by atoms with E-state index < -0.39 is 23.8 Å². The van der Waals surface area contributed by atoms with Gasteiger partial charge >= 0.3 is 6.16 Å². The molecule has 18 heavy (non-hydrogen) atoms. The average Bonchev–Trinajstić information content (AvgIpc) is 2.22. The van der Waals surface area contributed by atoms with Crippen molar-refractivity contribution in [3.63, 3.8) is 0 Å². The summed E-state index contributed by atoms with van der Waals surface area (Å²) in [5.41, 5.74) is -0.470. The lowest BCUT2D eigenvalue weighted by atomic mass is 10.1. The third-order valence-corrected chi connectivity index (χ3v) is 2.15. The monoisotopic (exact) mass is 262 g/mol. The Morgan fingerprint density at radius 2 is 1.94 bits per heavy atom. The van der Waals surface area contributed by atoms with E-state index in [1.807, 2.05) is 20.8 Å². The molecule has 1 unspecified atom stereocenters. The van der Waals surface area contributed by atoms with Crippen LogP contribution in [-0.2, 0) is 19.2 Å². The summed E-state index contributed by atoms with van der Waals surface area (Å²) in [6, 6.07) is 0. The molecule has 0 aromatic rings. The molecule has 0 saturated carbocycles. The van der Waals surface area contributed by atoms with Gasteiger partial charge in [-0.25, -0.2) is 9.68 Å². The van der Waals surface area contributed by atoms with Crippen LogP contribution < -0.4 is 0 Å². The summed E-state index contributed by atoms with van der Waals surface area (Å²) in [5, 5.41) is 8.53. The second-order valence-electron chi connectivity index (χ2n) is 4.78. The van der Waals surface area contributed by atoms with Gasteiger partial charge in [0.25, 0.3) is 0 Å². The van der Waals surface area contributed by atoms with Crippen LogP contribution in [0, 0.1) is 0 Å². The highest BCUT2D eigenvalue weighted by molar-refractivity contribution is 5.57. The number of rotatable bonds is 8. The molecule has 0 fully saturated rings. The Hall–Kier alpha value is -1.11. The van der Waals surface area contributed by atoms with Crippen LogP contribution in [0.4, 0.5) is 4.79 Å². The number of ether oxygens (including phenoxy) is 2. The average molecular weight is 262 g/mol. The molecular formula is C12H22O6. The van der Waals surface area contributed by atoms with Gasteiger partial charge in [0.1, 0.15) is 0 Å². The Bertz CT molecular complexity index is 284. The fourth-order valence-electron chi connectivity index (χ4n) is 0.858. The topological polar surface area (TPSA) is 74.2 Å². The minimum absolute atomic E-state index is 0.470. The number of hydrogen-bond acceptors (Lipinski definition) is 5. The normalized spacial score (nSPS) is 14.1. The molecule has 0 amide bonds. The second kappa shape index (κ2) is 6.72. The number of carbonyl (C=O) groups is 1. The first kappa shape index (κ1) is 16.9. The SMILES string of the molecule is C=CC(OOC(C)(C)CC)OC(C)(C)OC(=O)O. The van der Waals surface area contributed by atoms with E-state index in [2.05, 4.69) is 11.3 Å². The largest absolute Gasteiger partial charge is 0.508 e. The van der Waals surface area contributed by atoms with E-state index in [-0.39, 0.29) is 0 Å². The molecule has 106 valence electrons. The van der Waals surface area contributed by atoms with Crippen molar-refractivity contribution in [2.24, 2.45) is 0 Å². The summed E-state index contributed by atoms with van der Waals surface area (Å²) in [6.07, 6.45) is -0.271. The molecule has 0 rings (SSSR count). The van der Waals surface area contributed by atoms with Gasteiger partial charge in [-0.3, -0.25) is 0 Å². The summed E-state index contributed by atoms with van der Waals surface area (Å²) < 4.78 is 9.81. The molecule has 0 aromatic heterocycles. The van der Waals surface area contributed by atoms with Gasteiger partial charge in [-0.15, -0.1) is 0 Å². The van der Waals surface area contributed by atoms with Gasteiger partial charge in [0.05, 0.1) is 5.60 Å². The second-order valence-corrected chi connectivity index (χ2v) is 4.78. The summed E-state index contributed by atoms with van der Waals surface area (Å²) in [4.78, 5) is 20.7. The van der Waals surface area contributed by atoms with Crippen LogP contribution in [0.2, 0.25) is 0 Å². The quantitative estimate of drug-likeness (QED) is 0.238. The maximum Gasteiger partial charge on any atom is 0.508 e. The molecule has 0 aliphatic heterocycles. The van der Waals surface area contributed by atoms with E-state index in [1.165, 1.54) is 19.9 Å². The molecule has 0 saturated heterocycles. The number of carboxylic acid groups (broad SMARTS) is 1. The molecule has 0 aliphatic rings. The van der Waals surface area contributed by atoms with Crippen molar-refractivity contribution in [1.29, 1.82) is 0 Å². The van der Waals surface area contributed by atoms with Crippen molar-refractivity contribution in [2.75, 3.05) is 0 Å². The standard InChI is InChI=1S/C12H22O6/c1-7-9(17-18-11(3,4)8-2)15-12(5,6)16-10(13)14/h7,9H,1,8H2,2-6H3,(H,13,14). The van der Waals surface area contributed by atoms with E-state index in [0.717, 1.165) is 6.42 Å². The van der Waals surface area contributed by atoms with Gasteiger partial charge in [-0.2, -0.15) is 4.89 Å². The zero-order valence-corrected chi connectivity index (χ0v) is 11.6. The maximum atomic E-state index is 10.4. The van der Waals surface area contributed by atoms with Crippen molar-refractivity contribution >= 4 is 6.16 Å². The van der Waals surface area contributed by atoms with Crippen LogP contribution in [0.1, 0.15) is 41.0 Å². The molecular weight excluding hydrogens is 240 g/mol. The lowest BCUT2D eigenvalue weighted by molar-refractivity contribution is -0.429. The van der Waals surface area contributed by atoms with Crippen LogP contribution in [0.3, 0.4) is 0 Å². The van der Waals surface area contributed by atoms with E-state index in [4.69, 9.17) is 19.6 Å². The zero-order chi connectivity index (χ0) is 14.4. The Labute approximate surface area is 107 Å². The van der Waals surface area contributed by atoms with Crippen LogP contribution in [-0.4, -0.2) is 28.9 Å². The van der Waals surface area contributed by atoms with Gasteiger partial charge in [0.2, 0.25) is 12.1 Å². The Morgan fingerprint density at radius 3 is 2.33 bits per heavy atom. The van der Waals surface area contributed by atoms with Gasteiger partial charge in [-0.05, 0) is 26.3 Å². The van der Waals surface area contributed by atoms with Crippen LogP contribution >= 0.6 is 0 Å². The van der Waals surface area contributed by atoms with Gasteiger partial charge in [0.15, 0.2) is 0 Å². The fraction of sp³-hybridized carbons (Fsp3) is 0.750. The Morgan fingerprint density at radius 1 is 1.39 bits per heavy atom. The van der Waals surface area contributed by atoms with E-state index in [1.54, 1.807) is 0 Å². The van der Waals surface area contributed by atoms with Crippen LogP contribution in [0.15, 0.2) is 12.7 Å². The molecule has 0 bridgehead atoms. The predicted molar refractivity (Wildman–Crippen MR) is 64.8 cm³/mol. The molecule has 6 nitrogen and oxygen atoms in total. The first-order valence-corrected chi connectivity index (χ1v) is 5.68. The zero-order valence-electron chi connectivity index (χ0n) is 11.6. The molecule has 1 N–H and O–H groups in total. The van der Waals surface area contributed by atoms with Crippen molar-refractivity contribution in [3.05, 3.63) is 12.7 Å². The number of hydrogen-bond donors (Lipinski definition) is 1.